The van der Waals surface area contributed by atoms with Crippen LogP contribution >= 0.6 is 0 Å². The second-order valence-electron chi connectivity index (χ2n) is 6.34. The Hall–Kier alpha value is -2.05. The number of nitrogens with zero attached hydrogens (tertiary/aromatic N) is 3. The molecule has 2 heterocycles. The van der Waals surface area contributed by atoms with E-state index in [9.17, 15) is 14.4 Å². The zero-order valence-corrected chi connectivity index (χ0v) is 13.0. The largest absolute Gasteiger partial charge is 0.364 e. The molecule has 0 spiro atoms. The maximum Gasteiger partial charge on any atom is 0.330 e. The van der Waals surface area contributed by atoms with Crippen molar-refractivity contribution in [2.45, 2.75) is 31.7 Å². The number of carbonyl (C=O) groups excluding carboxylic acids is 1. The Kier molecular flexibility index (Phi) is 3.80. The smallest absolute Gasteiger partial charge is 0.330 e. The van der Waals surface area contributed by atoms with Crippen molar-refractivity contribution in [3.63, 3.8) is 0 Å². The first-order valence-electron chi connectivity index (χ1n) is 7.79. The molecule has 0 radical (unpaired) electrons. The zero-order chi connectivity index (χ0) is 15.9. The minimum absolute atomic E-state index is 0.0730. The van der Waals surface area contributed by atoms with E-state index in [0.717, 1.165) is 36.8 Å². The summed E-state index contributed by atoms with van der Waals surface area (Å²) >= 11 is 0. The number of rotatable bonds is 3. The molecule has 1 N–H and O–H groups in total. The van der Waals surface area contributed by atoms with Gasteiger partial charge in [-0.25, -0.2) is 4.79 Å². The molecule has 1 atom stereocenters. The number of aromatic nitrogens is 2. The molecule has 3 rings (SSSR count). The van der Waals surface area contributed by atoms with Crippen molar-refractivity contribution < 1.29 is 4.79 Å². The van der Waals surface area contributed by atoms with Crippen LogP contribution in [0.1, 0.15) is 25.7 Å². The fourth-order valence-corrected chi connectivity index (χ4v) is 2.98. The van der Waals surface area contributed by atoms with Gasteiger partial charge in [0.2, 0.25) is 5.91 Å². The van der Waals surface area contributed by atoms with E-state index in [1.54, 1.807) is 13.2 Å². The van der Waals surface area contributed by atoms with Crippen LogP contribution in [-0.2, 0) is 18.9 Å². The average Bonchev–Trinajstić information content (AvgIpc) is 3.34. The van der Waals surface area contributed by atoms with Crippen LogP contribution in [-0.4, -0.2) is 34.2 Å². The molecule has 0 bridgehead atoms. The van der Waals surface area contributed by atoms with Crippen molar-refractivity contribution in [3.05, 3.63) is 27.0 Å². The maximum atomic E-state index is 12.3. The highest BCUT2D eigenvalue weighted by Gasteiger charge is 2.32. The van der Waals surface area contributed by atoms with E-state index < -0.39 is 0 Å². The molecular formula is C15H22N4O3. The quantitative estimate of drug-likeness (QED) is 0.823. The topological polar surface area (TPSA) is 76.3 Å². The SMILES string of the molecule is Cn1cc(N2CCCC(NC(=O)C3CC3)C2)c(=O)n(C)c1=O. The standard InChI is InChI=1S/C15H22N4O3/c1-17-9-12(14(21)18(2)15(17)22)19-7-3-4-11(8-19)16-13(20)10-5-6-10/h9-11H,3-8H2,1-2H3,(H,16,20). The predicted octanol–water partition coefficient (Wildman–Crippen LogP) is -0.421. The number of piperidine rings is 1. The number of nitrogens with one attached hydrogen (secondary N) is 1. The third-order valence-electron chi connectivity index (χ3n) is 4.48. The lowest BCUT2D eigenvalue weighted by molar-refractivity contribution is -0.123. The van der Waals surface area contributed by atoms with E-state index in [1.165, 1.54) is 11.6 Å². The number of amides is 1. The van der Waals surface area contributed by atoms with Crippen LogP contribution in [0.4, 0.5) is 5.69 Å². The lowest BCUT2D eigenvalue weighted by atomic mass is 10.0. The average molecular weight is 306 g/mol. The molecule has 1 aromatic rings. The van der Waals surface area contributed by atoms with Crippen LogP contribution in [0.3, 0.4) is 0 Å². The summed E-state index contributed by atoms with van der Waals surface area (Å²) in [5.41, 5.74) is -0.0865. The van der Waals surface area contributed by atoms with E-state index in [-0.39, 0.29) is 29.1 Å². The van der Waals surface area contributed by atoms with Crippen molar-refractivity contribution in [2.75, 3.05) is 18.0 Å². The molecule has 1 aliphatic heterocycles. The van der Waals surface area contributed by atoms with Gasteiger partial charge in [0.05, 0.1) is 0 Å². The summed E-state index contributed by atoms with van der Waals surface area (Å²) < 4.78 is 2.55. The van der Waals surface area contributed by atoms with Crippen LogP contribution in [0.25, 0.3) is 0 Å². The molecule has 1 amide bonds. The van der Waals surface area contributed by atoms with Gasteiger partial charge in [0.15, 0.2) is 0 Å². The van der Waals surface area contributed by atoms with E-state index in [2.05, 4.69) is 5.32 Å². The van der Waals surface area contributed by atoms with Crippen LogP contribution in [0.2, 0.25) is 0 Å². The van der Waals surface area contributed by atoms with Crippen molar-refractivity contribution in [2.24, 2.45) is 20.0 Å². The van der Waals surface area contributed by atoms with Crippen molar-refractivity contribution in [1.29, 1.82) is 0 Å². The van der Waals surface area contributed by atoms with Gasteiger partial charge in [-0.05, 0) is 25.7 Å². The van der Waals surface area contributed by atoms with Gasteiger partial charge in [-0.15, -0.1) is 0 Å². The highest BCUT2D eigenvalue weighted by Crippen LogP contribution is 2.29. The van der Waals surface area contributed by atoms with E-state index in [0.29, 0.717) is 12.2 Å². The van der Waals surface area contributed by atoms with Crippen LogP contribution in [0.5, 0.6) is 0 Å². The molecule has 7 heteroatoms. The van der Waals surface area contributed by atoms with Gasteiger partial charge in [-0.3, -0.25) is 14.2 Å². The second kappa shape index (κ2) is 5.62. The van der Waals surface area contributed by atoms with Crippen LogP contribution < -0.4 is 21.5 Å². The number of hydrogen-bond acceptors (Lipinski definition) is 4. The molecule has 1 unspecified atom stereocenters. The summed E-state index contributed by atoms with van der Waals surface area (Å²) in [5, 5.41) is 3.08. The maximum absolute atomic E-state index is 12.3. The minimum atomic E-state index is -0.329. The first-order chi connectivity index (χ1) is 10.5. The van der Waals surface area contributed by atoms with E-state index >= 15 is 0 Å². The fraction of sp³-hybridized carbons (Fsp3) is 0.667. The molecule has 1 aromatic heterocycles. The van der Waals surface area contributed by atoms with Gasteiger partial charge in [0.25, 0.3) is 5.56 Å². The van der Waals surface area contributed by atoms with Gasteiger partial charge in [-0.2, -0.15) is 0 Å². The Morgan fingerprint density at radius 1 is 1.23 bits per heavy atom. The van der Waals surface area contributed by atoms with Gasteiger partial charge < -0.3 is 14.8 Å². The van der Waals surface area contributed by atoms with Gasteiger partial charge in [0, 0.05) is 45.3 Å². The van der Waals surface area contributed by atoms with Gasteiger partial charge in [0.1, 0.15) is 5.69 Å². The number of carbonyl (C=O) groups is 1. The lowest BCUT2D eigenvalue weighted by Gasteiger charge is -2.34. The van der Waals surface area contributed by atoms with E-state index in [1.807, 2.05) is 4.90 Å². The summed E-state index contributed by atoms with van der Waals surface area (Å²) in [6, 6.07) is 0.0730. The molecule has 2 fully saturated rings. The molecule has 7 nitrogen and oxygen atoms in total. The molecule has 22 heavy (non-hydrogen) atoms. The Balaban J connectivity index is 1.78. The van der Waals surface area contributed by atoms with Crippen molar-refractivity contribution in [1.82, 2.24) is 14.5 Å². The summed E-state index contributed by atoms with van der Waals surface area (Å²) in [5.74, 6) is 0.334. The Bertz CT molecular complexity index is 702. The number of anilines is 1. The molecule has 120 valence electrons. The highest BCUT2D eigenvalue weighted by atomic mass is 16.2. The summed E-state index contributed by atoms with van der Waals surface area (Å²) in [7, 11) is 3.13. The van der Waals surface area contributed by atoms with Crippen LogP contribution in [0, 0.1) is 5.92 Å². The second-order valence-corrected chi connectivity index (χ2v) is 6.34. The first-order valence-corrected chi connectivity index (χ1v) is 7.79. The minimum Gasteiger partial charge on any atom is -0.364 e. The van der Waals surface area contributed by atoms with Gasteiger partial charge in [-0.1, -0.05) is 0 Å². The third-order valence-corrected chi connectivity index (χ3v) is 4.48. The molecular weight excluding hydrogens is 284 g/mol. The molecule has 0 aromatic carbocycles. The first kappa shape index (κ1) is 14.9. The Morgan fingerprint density at radius 2 is 1.95 bits per heavy atom. The summed E-state index contributed by atoms with van der Waals surface area (Å²) in [6.45, 7) is 1.38. The Labute approximate surface area is 128 Å². The zero-order valence-electron chi connectivity index (χ0n) is 13.0. The molecule has 1 aliphatic carbocycles. The summed E-state index contributed by atoms with van der Waals surface area (Å²) in [6.07, 6.45) is 5.42. The molecule has 2 aliphatic rings. The number of hydrogen-bond donors (Lipinski definition) is 1. The predicted molar refractivity (Wildman–Crippen MR) is 83.0 cm³/mol. The third kappa shape index (κ3) is 2.80. The normalized spacial score (nSPS) is 21.7. The summed E-state index contributed by atoms with van der Waals surface area (Å²) in [4.78, 5) is 37.9. The lowest BCUT2D eigenvalue weighted by Crippen LogP contribution is -2.50. The molecule has 1 saturated heterocycles. The van der Waals surface area contributed by atoms with E-state index in [4.69, 9.17) is 0 Å². The Morgan fingerprint density at radius 3 is 2.64 bits per heavy atom. The monoisotopic (exact) mass is 306 g/mol. The van der Waals surface area contributed by atoms with Crippen LogP contribution in [0.15, 0.2) is 15.8 Å². The fourth-order valence-electron chi connectivity index (χ4n) is 2.98. The highest BCUT2D eigenvalue weighted by molar-refractivity contribution is 5.81. The van der Waals surface area contributed by atoms with Gasteiger partial charge >= 0.3 is 5.69 Å². The molecule has 1 saturated carbocycles. The van der Waals surface area contributed by atoms with Crippen molar-refractivity contribution >= 4 is 11.6 Å². The number of aryl methyl sites for hydroxylation is 1. The van der Waals surface area contributed by atoms with Crippen molar-refractivity contribution in [3.8, 4) is 0 Å².